The maximum Gasteiger partial charge on any atom is 0.345 e. The van der Waals surface area contributed by atoms with Crippen molar-refractivity contribution in [2.45, 2.75) is 6.54 Å². The Morgan fingerprint density at radius 1 is 1.28 bits per heavy atom. The van der Waals surface area contributed by atoms with Gasteiger partial charge in [-0.25, -0.2) is 14.8 Å². The molecule has 0 spiro atoms. The monoisotopic (exact) mass is 263 g/mol. The third kappa shape index (κ3) is 2.89. The topological polar surface area (TPSA) is 92.2 Å². The summed E-state index contributed by atoms with van der Waals surface area (Å²) in [6, 6.07) is 4.59. The SMILES string of the molecule is O=C(O)c1ccc(C(=O)NCc2ccncn2)s1. The van der Waals surface area contributed by atoms with Crippen LogP contribution in [0.4, 0.5) is 0 Å². The fraction of sp³-hybridized carbons (Fsp3) is 0.0909. The second-order valence-electron chi connectivity index (χ2n) is 3.35. The van der Waals surface area contributed by atoms with Crippen molar-refractivity contribution in [1.29, 1.82) is 0 Å². The smallest absolute Gasteiger partial charge is 0.345 e. The number of aromatic nitrogens is 2. The lowest BCUT2D eigenvalue weighted by molar-refractivity contribution is 0.0702. The number of carbonyl (C=O) groups is 2. The van der Waals surface area contributed by atoms with Crippen LogP contribution in [-0.2, 0) is 6.54 Å². The first-order chi connectivity index (χ1) is 8.66. The maximum absolute atomic E-state index is 11.7. The molecule has 0 fully saturated rings. The van der Waals surface area contributed by atoms with Crippen molar-refractivity contribution in [2.75, 3.05) is 0 Å². The number of thiophene rings is 1. The first-order valence-electron chi connectivity index (χ1n) is 5.03. The molecule has 2 heterocycles. The summed E-state index contributed by atoms with van der Waals surface area (Å²) in [5.74, 6) is -1.35. The standard InChI is InChI=1S/C11H9N3O3S/c15-10(8-1-2-9(18-8)11(16)17)13-5-7-3-4-12-6-14-7/h1-4,6H,5H2,(H,13,15)(H,16,17). The van der Waals surface area contributed by atoms with E-state index in [-0.39, 0.29) is 17.3 Å². The number of hydrogen-bond acceptors (Lipinski definition) is 5. The Bertz CT molecular complexity index is 568. The van der Waals surface area contributed by atoms with Crippen LogP contribution in [0.2, 0.25) is 0 Å². The van der Waals surface area contributed by atoms with E-state index < -0.39 is 5.97 Å². The highest BCUT2D eigenvalue weighted by Crippen LogP contribution is 2.16. The lowest BCUT2D eigenvalue weighted by atomic mass is 10.3. The maximum atomic E-state index is 11.7. The predicted molar refractivity (Wildman–Crippen MR) is 64.5 cm³/mol. The van der Waals surface area contributed by atoms with Crippen molar-refractivity contribution < 1.29 is 14.7 Å². The number of carbonyl (C=O) groups excluding carboxylic acids is 1. The second-order valence-corrected chi connectivity index (χ2v) is 4.44. The van der Waals surface area contributed by atoms with Gasteiger partial charge >= 0.3 is 5.97 Å². The molecule has 0 atom stereocenters. The summed E-state index contributed by atoms with van der Waals surface area (Å²) in [4.78, 5) is 30.6. The zero-order valence-corrected chi connectivity index (χ0v) is 9.98. The normalized spacial score (nSPS) is 10.0. The highest BCUT2D eigenvalue weighted by Gasteiger charge is 2.12. The van der Waals surface area contributed by atoms with Crippen molar-refractivity contribution in [3.05, 3.63) is 46.2 Å². The van der Waals surface area contributed by atoms with Crippen LogP contribution in [0.3, 0.4) is 0 Å². The number of nitrogens with zero attached hydrogens (tertiary/aromatic N) is 2. The fourth-order valence-electron chi connectivity index (χ4n) is 1.26. The average Bonchev–Trinajstić information content (AvgIpc) is 2.87. The molecular weight excluding hydrogens is 254 g/mol. The summed E-state index contributed by atoms with van der Waals surface area (Å²) < 4.78 is 0. The van der Waals surface area contributed by atoms with E-state index in [1.54, 1.807) is 12.3 Å². The predicted octanol–water partition coefficient (Wildman–Crippen LogP) is 1.17. The van der Waals surface area contributed by atoms with Gasteiger partial charge in [0, 0.05) is 6.20 Å². The molecule has 0 saturated heterocycles. The zero-order chi connectivity index (χ0) is 13.0. The van der Waals surface area contributed by atoms with E-state index in [4.69, 9.17) is 5.11 Å². The molecule has 2 aromatic rings. The molecule has 0 aromatic carbocycles. The lowest BCUT2D eigenvalue weighted by Gasteiger charge is -2.01. The highest BCUT2D eigenvalue weighted by atomic mass is 32.1. The van der Waals surface area contributed by atoms with Crippen LogP contribution in [0.5, 0.6) is 0 Å². The molecule has 0 radical (unpaired) electrons. The van der Waals surface area contributed by atoms with Gasteiger partial charge in [-0.3, -0.25) is 4.79 Å². The minimum Gasteiger partial charge on any atom is -0.477 e. The molecule has 18 heavy (non-hydrogen) atoms. The molecule has 6 nitrogen and oxygen atoms in total. The van der Waals surface area contributed by atoms with Crippen LogP contribution >= 0.6 is 11.3 Å². The molecule has 7 heteroatoms. The Morgan fingerprint density at radius 2 is 2.06 bits per heavy atom. The van der Waals surface area contributed by atoms with Crippen molar-refractivity contribution in [3.8, 4) is 0 Å². The number of amides is 1. The fourth-order valence-corrected chi connectivity index (χ4v) is 2.02. The summed E-state index contributed by atoms with van der Waals surface area (Å²) in [5.41, 5.74) is 0.688. The first kappa shape index (κ1) is 12.2. The number of nitrogens with one attached hydrogen (secondary N) is 1. The van der Waals surface area contributed by atoms with Crippen LogP contribution in [0.1, 0.15) is 25.0 Å². The minimum absolute atomic E-state index is 0.141. The summed E-state index contributed by atoms with van der Waals surface area (Å²) in [6.45, 7) is 0.279. The molecule has 0 saturated carbocycles. The van der Waals surface area contributed by atoms with Gasteiger partial charge < -0.3 is 10.4 Å². The lowest BCUT2D eigenvalue weighted by Crippen LogP contribution is -2.22. The third-order valence-electron chi connectivity index (χ3n) is 2.11. The van der Waals surface area contributed by atoms with E-state index in [0.717, 1.165) is 11.3 Å². The Morgan fingerprint density at radius 3 is 2.67 bits per heavy atom. The molecule has 2 rings (SSSR count). The van der Waals surface area contributed by atoms with E-state index in [9.17, 15) is 9.59 Å². The molecule has 0 aliphatic rings. The summed E-state index contributed by atoms with van der Waals surface area (Å²) in [7, 11) is 0. The summed E-state index contributed by atoms with van der Waals surface area (Å²) in [6.07, 6.45) is 2.98. The van der Waals surface area contributed by atoms with Crippen molar-refractivity contribution >= 4 is 23.2 Å². The Hall–Kier alpha value is -2.28. The quantitative estimate of drug-likeness (QED) is 0.863. The van der Waals surface area contributed by atoms with Gasteiger partial charge in [0.25, 0.3) is 5.91 Å². The summed E-state index contributed by atoms with van der Waals surface area (Å²) >= 11 is 0.940. The van der Waals surface area contributed by atoms with Gasteiger partial charge in [0.2, 0.25) is 0 Å². The molecule has 0 aliphatic heterocycles. The molecule has 92 valence electrons. The Kier molecular flexibility index (Phi) is 3.63. The van der Waals surface area contributed by atoms with Crippen LogP contribution in [-0.4, -0.2) is 27.0 Å². The Labute approximate surface area is 106 Å². The third-order valence-corrected chi connectivity index (χ3v) is 3.19. The highest BCUT2D eigenvalue weighted by molar-refractivity contribution is 7.15. The Balaban J connectivity index is 1.97. The van der Waals surface area contributed by atoms with Crippen LogP contribution in [0, 0.1) is 0 Å². The van der Waals surface area contributed by atoms with Gasteiger partial charge in [0.15, 0.2) is 0 Å². The van der Waals surface area contributed by atoms with Crippen LogP contribution in [0.25, 0.3) is 0 Å². The van der Waals surface area contributed by atoms with E-state index in [0.29, 0.717) is 10.6 Å². The number of aromatic carboxylic acids is 1. The first-order valence-corrected chi connectivity index (χ1v) is 5.84. The second kappa shape index (κ2) is 5.37. The molecule has 1 amide bonds. The number of carboxylic acids is 1. The van der Waals surface area contributed by atoms with E-state index in [1.807, 2.05) is 0 Å². The van der Waals surface area contributed by atoms with Gasteiger partial charge in [-0.15, -0.1) is 11.3 Å². The van der Waals surface area contributed by atoms with Gasteiger partial charge in [0.1, 0.15) is 11.2 Å². The van der Waals surface area contributed by atoms with E-state index in [1.165, 1.54) is 18.5 Å². The molecule has 2 N–H and O–H groups in total. The summed E-state index contributed by atoms with van der Waals surface area (Å²) in [5, 5.41) is 11.4. The van der Waals surface area contributed by atoms with Crippen LogP contribution < -0.4 is 5.32 Å². The zero-order valence-electron chi connectivity index (χ0n) is 9.16. The molecule has 0 unspecified atom stereocenters. The van der Waals surface area contributed by atoms with Crippen molar-refractivity contribution in [2.24, 2.45) is 0 Å². The molecule has 0 aliphatic carbocycles. The number of carboxylic acid groups (broad SMARTS) is 1. The average molecular weight is 263 g/mol. The molecule has 2 aromatic heterocycles. The van der Waals surface area contributed by atoms with Crippen molar-refractivity contribution in [1.82, 2.24) is 15.3 Å². The minimum atomic E-state index is -1.03. The van der Waals surface area contributed by atoms with E-state index in [2.05, 4.69) is 15.3 Å². The number of hydrogen-bond donors (Lipinski definition) is 2. The van der Waals surface area contributed by atoms with E-state index >= 15 is 0 Å². The van der Waals surface area contributed by atoms with Crippen molar-refractivity contribution in [3.63, 3.8) is 0 Å². The molecular formula is C11H9N3O3S. The van der Waals surface area contributed by atoms with Crippen LogP contribution in [0.15, 0.2) is 30.7 Å². The largest absolute Gasteiger partial charge is 0.477 e. The van der Waals surface area contributed by atoms with Gasteiger partial charge in [0.05, 0.1) is 17.1 Å². The number of rotatable bonds is 4. The molecule has 0 bridgehead atoms. The van der Waals surface area contributed by atoms with Gasteiger partial charge in [-0.05, 0) is 18.2 Å². The van der Waals surface area contributed by atoms with Gasteiger partial charge in [-0.1, -0.05) is 0 Å². The van der Waals surface area contributed by atoms with Gasteiger partial charge in [-0.2, -0.15) is 0 Å².